The van der Waals surface area contributed by atoms with Gasteiger partial charge in [0.25, 0.3) is 0 Å². The molecule has 132 valence electrons. The Balaban J connectivity index is 6.23. The topological polar surface area (TPSA) is 0 Å². The molecule has 0 atom stereocenters. The Morgan fingerprint density at radius 2 is 0.818 bits per heavy atom. The molecule has 0 nitrogen and oxygen atoms in total. The highest BCUT2D eigenvalue weighted by Gasteiger charge is 2.90. The van der Waals surface area contributed by atoms with Crippen LogP contribution in [-0.4, -0.2) is 35.8 Å². The van der Waals surface area contributed by atoms with Crippen molar-refractivity contribution in [2.24, 2.45) is 0 Å². The summed E-state index contributed by atoms with van der Waals surface area (Å²) in [4.78, 5) is 0. The number of rotatable bonds is 5. The van der Waals surface area contributed by atoms with Crippen LogP contribution in [0.25, 0.3) is 0 Å². The molecule has 0 rings (SSSR count). The van der Waals surface area contributed by atoms with Gasteiger partial charge in [-0.25, -0.2) is 0 Å². The smallest absolute Gasteiger partial charge is 0.195 e. The van der Waals surface area contributed by atoms with E-state index < -0.39 is 41.9 Å². The van der Waals surface area contributed by atoms with E-state index in [1.807, 2.05) is 0 Å². The first-order chi connectivity index (χ1) is 9.31. The lowest BCUT2D eigenvalue weighted by Gasteiger charge is -2.39. The molecule has 0 bridgehead atoms. The maximum Gasteiger partial charge on any atom is 0.460 e. The number of alkyl halides is 13. The molecule has 0 saturated carbocycles. The van der Waals surface area contributed by atoms with Crippen LogP contribution >= 0.6 is 0 Å². The van der Waals surface area contributed by atoms with E-state index in [1.165, 1.54) is 0 Å². The quantitative estimate of drug-likeness (QED) is 0.461. The van der Waals surface area contributed by atoms with Gasteiger partial charge < -0.3 is 0 Å². The minimum atomic E-state index is -7.84. The Morgan fingerprint density at radius 1 is 0.500 bits per heavy atom. The van der Waals surface area contributed by atoms with Crippen molar-refractivity contribution in [1.82, 2.24) is 0 Å². The molecule has 0 aliphatic rings. The fourth-order valence-corrected chi connectivity index (χ4v) is 1.10. The second-order valence-electron chi connectivity index (χ2n) is 3.92. The maximum absolute atomic E-state index is 12.8. The van der Waals surface area contributed by atoms with Crippen molar-refractivity contribution in [2.45, 2.75) is 42.7 Å². The summed E-state index contributed by atoms with van der Waals surface area (Å²) >= 11 is 0. The highest BCUT2D eigenvalue weighted by atomic mass is 19.4. The Labute approximate surface area is 113 Å². The van der Waals surface area contributed by atoms with Crippen molar-refractivity contribution < 1.29 is 57.1 Å². The Hall–Kier alpha value is -1.17. The minimum absolute atomic E-state index is 0.00989. The molecule has 0 N–H and O–H groups in total. The summed E-state index contributed by atoms with van der Waals surface area (Å²) in [6.07, 6.45) is -8.43. The predicted octanol–water partition coefficient (Wildman–Crippen LogP) is 5.30. The summed E-state index contributed by atoms with van der Waals surface area (Å²) in [7, 11) is 0. The van der Waals surface area contributed by atoms with Crippen LogP contribution in [0, 0.1) is 0 Å². The molecule has 0 spiro atoms. The standard InChI is InChI=1S/C9H5F13/c1-2-3-4(10,11)5(12,13)6(14,15)7(16,17)8(18,19)9(20,21)22/h2-3H,1H3/b3-2-. The normalized spacial score (nSPS) is 16.5. The van der Waals surface area contributed by atoms with Gasteiger partial charge in [-0.1, -0.05) is 6.08 Å². The van der Waals surface area contributed by atoms with E-state index in [4.69, 9.17) is 0 Å². The van der Waals surface area contributed by atoms with Crippen LogP contribution in [0.5, 0.6) is 0 Å². The van der Waals surface area contributed by atoms with Gasteiger partial charge in [0.15, 0.2) is 0 Å². The zero-order chi connectivity index (χ0) is 18.4. The third-order valence-corrected chi connectivity index (χ3v) is 2.33. The second-order valence-corrected chi connectivity index (χ2v) is 3.92. The van der Waals surface area contributed by atoms with E-state index in [9.17, 15) is 57.1 Å². The van der Waals surface area contributed by atoms with Gasteiger partial charge in [-0.2, -0.15) is 57.1 Å². The molecule has 0 saturated heterocycles. The molecule has 22 heavy (non-hydrogen) atoms. The molecule has 0 amide bonds. The zero-order valence-electron chi connectivity index (χ0n) is 10.1. The van der Waals surface area contributed by atoms with Gasteiger partial charge in [-0.05, 0) is 13.0 Å². The van der Waals surface area contributed by atoms with Crippen LogP contribution in [-0.2, 0) is 0 Å². The maximum atomic E-state index is 12.8. The van der Waals surface area contributed by atoms with E-state index >= 15 is 0 Å². The summed E-state index contributed by atoms with van der Waals surface area (Å²) in [6.45, 7) is 0.560. The molecule has 0 aliphatic carbocycles. The van der Waals surface area contributed by atoms with Crippen molar-refractivity contribution >= 4 is 0 Å². The summed E-state index contributed by atoms with van der Waals surface area (Å²) in [5.74, 6) is -36.6. The van der Waals surface area contributed by atoms with E-state index in [2.05, 4.69) is 0 Å². The lowest BCUT2D eigenvalue weighted by molar-refractivity contribution is -0.436. The minimum Gasteiger partial charge on any atom is -0.195 e. The molecule has 0 unspecified atom stereocenters. The average molecular weight is 360 g/mol. The molecule has 13 heteroatoms. The predicted molar refractivity (Wildman–Crippen MR) is 45.6 cm³/mol. The summed E-state index contributed by atoms with van der Waals surface area (Å²) in [5, 5.41) is 0. The highest BCUT2D eigenvalue weighted by Crippen LogP contribution is 2.60. The first-order valence-corrected chi connectivity index (χ1v) is 4.91. The Kier molecular flexibility index (Phi) is 4.91. The summed E-state index contributed by atoms with van der Waals surface area (Å²) in [5.41, 5.74) is 0. The SMILES string of the molecule is C/C=C\C(F)(F)C(F)(F)C(F)(F)C(F)(F)C(F)(F)C(F)(F)F. The molecule has 0 aromatic heterocycles. The number of halogens is 13. The van der Waals surface area contributed by atoms with Crippen molar-refractivity contribution in [3.05, 3.63) is 12.2 Å². The first kappa shape index (κ1) is 20.8. The van der Waals surface area contributed by atoms with Crippen LogP contribution in [0.15, 0.2) is 12.2 Å². The van der Waals surface area contributed by atoms with Crippen LogP contribution in [0.2, 0.25) is 0 Å². The van der Waals surface area contributed by atoms with Gasteiger partial charge in [0.05, 0.1) is 0 Å². The van der Waals surface area contributed by atoms with Gasteiger partial charge in [0.2, 0.25) is 0 Å². The van der Waals surface area contributed by atoms with Crippen LogP contribution in [0.3, 0.4) is 0 Å². The second kappa shape index (κ2) is 5.18. The third kappa shape index (κ3) is 2.62. The number of allylic oxidation sites excluding steroid dienone is 2. The van der Waals surface area contributed by atoms with Crippen LogP contribution in [0.4, 0.5) is 57.1 Å². The highest BCUT2D eigenvalue weighted by molar-refractivity contribution is 5.14. The molecule has 0 radical (unpaired) electrons. The fourth-order valence-electron chi connectivity index (χ4n) is 1.10. The summed E-state index contributed by atoms with van der Waals surface area (Å²) in [6, 6.07) is 0. The molecule has 0 aromatic rings. The van der Waals surface area contributed by atoms with Gasteiger partial charge in [0, 0.05) is 0 Å². The number of hydrogen-bond acceptors (Lipinski definition) is 0. The van der Waals surface area contributed by atoms with Crippen molar-refractivity contribution in [3.8, 4) is 0 Å². The van der Waals surface area contributed by atoms with Crippen molar-refractivity contribution in [1.29, 1.82) is 0 Å². The lowest BCUT2D eigenvalue weighted by Crippen LogP contribution is -2.69. The zero-order valence-corrected chi connectivity index (χ0v) is 10.1. The molecule has 0 aromatic carbocycles. The first-order valence-electron chi connectivity index (χ1n) is 4.91. The largest absolute Gasteiger partial charge is 0.460 e. The van der Waals surface area contributed by atoms with Gasteiger partial charge >= 0.3 is 35.8 Å². The molecular formula is C9H5F13. The molecular weight excluding hydrogens is 355 g/mol. The molecule has 0 fully saturated rings. The van der Waals surface area contributed by atoms with Gasteiger partial charge in [-0.15, -0.1) is 0 Å². The van der Waals surface area contributed by atoms with E-state index in [0.29, 0.717) is 6.92 Å². The fraction of sp³-hybridized carbons (Fsp3) is 0.778. The average Bonchev–Trinajstić information content (AvgIpc) is 2.26. The Bertz CT molecular complexity index is 427. The number of hydrogen-bond donors (Lipinski definition) is 0. The van der Waals surface area contributed by atoms with Gasteiger partial charge in [-0.3, -0.25) is 0 Å². The lowest BCUT2D eigenvalue weighted by atomic mass is 9.94. The third-order valence-electron chi connectivity index (χ3n) is 2.33. The van der Waals surface area contributed by atoms with Crippen molar-refractivity contribution in [3.63, 3.8) is 0 Å². The summed E-state index contributed by atoms with van der Waals surface area (Å²) < 4.78 is 162. The molecule has 0 aliphatic heterocycles. The van der Waals surface area contributed by atoms with Gasteiger partial charge in [0.1, 0.15) is 0 Å². The van der Waals surface area contributed by atoms with Crippen molar-refractivity contribution in [2.75, 3.05) is 0 Å². The van der Waals surface area contributed by atoms with E-state index in [0.717, 1.165) is 0 Å². The monoisotopic (exact) mass is 360 g/mol. The van der Waals surface area contributed by atoms with Crippen LogP contribution < -0.4 is 0 Å². The molecule has 0 heterocycles. The van der Waals surface area contributed by atoms with E-state index in [1.54, 1.807) is 0 Å². The van der Waals surface area contributed by atoms with Crippen LogP contribution in [0.1, 0.15) is 6.92 Å². The van der Waals surface area contributed by atoms with E-state index in [-0.39, 0.29) is 6.08 Å². The Morgan fingerprint density at radius 3 is 1.09 bits per heavy atom.